The van der Waals surface area contributed by atoms with Crippen molar-refractivity contribution in [3.05, 3.63) is 65.9 Å². The van der Waals surface area contributed by atoms with E-state index in [1.54, 1.807) is 19.1 Å². The molecule has 5 heteroatoms. The molecule has 2 unspecified atom stereocenters. The maximum atomic E-state index is 13.4. The summed E-state index contributed by atoms with van der Waals surface area (Å²) in [5.41, 5.74) is 3.01. The van der Waals surface area contributed by atoms with Gasteiger partial charge in [0.05, 0.1) is 12.3 Å². The van der Waals surface area contributed by atoms with Gasteiger partial charge in [0, 0.05) is 37.4 Å². The lowest BCUT2D eigenvalue weighted by atomic mass is 10.1. The van der Waals surface area contributed by atoms with Crippen LogP contribution >= 0.6 is 0 Å². The first-order chi connectivity index (χ1) is 12.6. The molecule has 0 radical (unpaired) electrons. The van der Waals surface area contributed by atoms with Crippen LogP contribution in [0, 0.1) is 24.1 Å². The minimum absolute atomic E-state index is 0.181. The highest BCUT2D eigenvalue weighted by atomic mass is 19.1. The molecule has 3 heterocycles. The third-order valence-corrected chi connectivity index (χ3v) is 5.83. The Hall–Kier alpha value is -2.40. The molecule has 3 aromatic rings. The lowest BCUT2D eigenvalue weighted by Crippen LogP contribution is -2.27. The molecule has 1 aromatic carbocycles. The number of nitrogens with zero attached hydrogens (tertiary/aromatic N) is 3. The highest BCUT2D eigenvalue weighted by Gasteiger charge is 2.60. The molecule has 1 saturated heterocycles. The fourth-order valence-corrected chi connectivity index (χ4v) is 4.27. The van der Waals surface area contributed by atoms with Gasteiger partial charge in [-0.15, -0.1) is 0 Å². The monoisotopic (exact) mass is 351 g/mol. The largest absolute Gasteiger partial charge is 0.493 e. The van der Waals surface area contributed by atoms with E-state index >= 15 is 0 Å². The molecule has 0 N–H and O–H groups in total. The molecule has 2 fully saturated rings. The highest BCUT2D eigenvalue weighted by Crippen LogP contribution is 2.58. The number of halogens is 1. The van der Waals surface area contributed by atoms with Crippen LogP contribution in [0.5, 0.6) is 5.75 Å². The summed E-state index contributed by atoms with van der Waals surface area (Å²) >= 11 is 0. The van der Waals surface area contributed by atoms with Crippen molar-refractivity contribution in [2.24, 2.45) is 11.3 Å². The van der Waals surface area contributed by atoms with E-state index in [2.05, 4.69) is 15.5 Å². The first kappa shape index (κ1) is 15.8. The van der Waals surface area contributed by atoms with Crippen LogP contribution in [-0.2, 0) is 6.54 Å². The number of aryl methyl sites for hydroxylation is 1. The van der Waals surface area contributed by atoms with E-state index < -0.39 is 0 Å². The normalized spacial score (nSPS) is 24.8. The zero-order valence-electron chi connectivity index (χ0n) is 14.9. The third kappa shape index (κ3) is 2.76. The number of piperidine rings is 1. The lowest BCUT2D eigenvalue weighted by Gasteiger charge is -2.20. The Morgan fingerprint density at radius 1 is 1.31 bits per heavy atom. The average molecular weight is 351 g/mol. The third-order valence-electron chi connectivity index (χ3n) is 5.83. The van der Waals surface area contributed by atoms with Gasteiger partial charge in [0.2, 0.25) is 0 Å². The van der Waals surface area contributed by atoms with E-state index in [9.17, 15) is 4.39 Å². The number of pyridine rings is 1. The number of ether oxygens (including phenoxy) is 1. The van der Waals surface area contributed by atoms with E-state index in [4.69, 9.17) is 9.72 Å². The highest BCUT2D eigenvalue weighted by molar-refractivity contribution is 5.39. The maximum absolute atomic E-state index is 13.4. The van der Waals surface area contributed by atoms with Gasteiger partial charge in [0.1, 0.15) is 17.2 Å². The second-order valence-electron chi connectivity index (χ2n) is 7.83. The van der Waals surface area contributed by atoms with Crippen LogP contribution in [0.3, 0.4) is 0 Å². The van der Waals surface area contributed by atoms with Gasteiger partial charge in [-0.1, -0.05) is 6.07 Å². The molecule has 26 heavy (non-hydrogen) atoms. The standard InChI is InChI=1S/C21H22FN3O/c1-15-8-18(5-6-19(15)22)26-14-21-9-16(21)10-24(13-21)11-17-12-25-7-3-2-4-20(25)23-17/h2-8,12,16H,9-11,13-14H2,1H3. The van der Waals surface area contributed by atoms with E-state index in [1.165, 1.54) is 12.5 Å². The second kappa shape index (κ2) is 5.81. The summed E-state index contributed by atoms with van der Waals surface area (Å²) in [6.07, 6.45) is 5.38. The van der Waals surface area contributed by atoms with Crippen molar-refractivity contribution in [1.82, 2.24) is 14.3 Å². The smallest absolute Gasteiger partial charge is 0.137 e. The zero-order valence-corrected chi connectivity index (χ0v) is 14.9. The number of hydrogen-bond acceptors (Lipinski definition) is 3. The Bertz CT molecular complexity index is 936. The Morgan fingerprint density at radius 3 is 3.08 bits per heavy atom. The van der Waals surface area contributed by atoms with E-state index in [1.807, 2.05) is 24.4 Å². The summed E-state index contributed by atoms with van der Waals surface area (Å²) < 4.78 is 21.5. The van der Waals surface area contributed by atoms with Crippen molar-refractivity contribution in [2.45, 2.75) is 19.9 Å². The summed E-state index contributed by atoms with van der Waals surface area (Å²) in [5.74, 6) is 1.29. The Kier molecular flexibility index (Phi) is 3.54. The molecule has 134 valence electrons. The van der Waals surface area contributed by atoms with Crippen molar-refractivity contribution in [1.29, 1.82) is 0 Å². The van der Waals surface area contributed by atoms with Crippen molar-refractivity contribution in [3.63, 3.8) is 0 Å². The first-order valence-corrected chi connectivity index (χ1v) is 9.15. The number of imidazole rings is 1. The van der Waals surface area contributed by atoms with Crippen LogP contribution in [0.1, 0.15) is 17.7 Å². The molecule has 2 atom stereocenters. The minimum atomic E-state index is -0.181. The van der Waals surface area contributed by atoms with Gasteiger partial charge in [-0.05, 0) is 55.2 Å². The number of likely N-dealkylation sites (tertiary alicyclic amines) is 1. The SMILES string of the molecule is Cc1cc(OCC23CC2CN(Cc2cn4ccccc4n2)C3)ccc1F. The predicted octanol–water partition coefficient (Wildman–Crippen LogP) is 3.68. The topological polar surface area (TPSA) is 29.8 Å². The van der Waals surface area contributed by atoms with Crippen LogP contribution < -0.4 is 4.74 Å². The average Bonchev–Trinajstić information content (AvgIpc) is 2.98. The number of rotatable bonds is 5. The molecule has 1 aliphatic carbocycles. The summed E-state index contributed by atoms with van der Waals surface area (Å²) in [6.45, 7) is 5.53. The molecule has 5 rings (SSSR count). The molecule has 0 amide bonds. The molecule has 2 aliphatic rings. The lowest BCUT2D eigenvalue weighted by molar-refractivity contribution is 0.199. The van der Waals surface area contributed by atoms with Crippen LogP contribution in [0.4, 0.5) is 4.39 Å². The molecule has 0 bridgehead atoms. The van der Waals surface area contributed by atoms with E-state index in [0.29, 0.717) is 18.1 Å². The Balaban J connectivity index is 1.22. The maximum Gasteiger partial charge on any atom is 0.137 e. The van der Waals surface area contributed by atoms with Gasteiger partial charge in [0.25, 0.3) is 0 Å². The number of fused-ring (bicyclic) bond motifs is 2. The predicted molar refractivity (Wildman–Crippen MR) is 97.6 cm³/mol. The summed E-state index contributed by atoms with van der Waals surface area (Å²) in [7, 11) is 0. The van der Waals surface area contributed by atoms with Gasteiger partial charge in [-0.25, -0.2) is 9.37 Å². The molecule has 1 saturated carbocycles. The first-order valence-electron chi connectivity index (χ1n) is 9.15. The number of hydrogen-bond donors (Lipinski definition) is 0. The molecule has 0 spiro atoms. The number of aromatic nitrogens is 2. The fourth-order valence-electron chi connectivity index (χ4n) is 4.27. The van der Waals surface area contributed by atoms with Gasteiger partial charge < -0.3 is 9.14 Å². The number of benzene rings is 1. The molecular weight excluding hydrogens is 329 g/mol. The minimum Gasteiger partial charge on any atom is -0.493 e. The summed E-state index contributed by atoms with van der Waals surface area (Å²) in [4.78, 5) is 7.19. The van der Waals surface area contributed by atoms with E-state index in [0.717, 1.165) is 36.7 Å². The summed E-state index contributed by atoms with van der Waals surface area (Å²) in [6, 6.07) is 11.1. The van der Waals surface area contributed by atoms with Crippen molar-refractivity contribution in [2.75, 3.05) is 19.7 Å². The van der Waals surface area contributed by atoms with E-state index in [-0.39, 0.29) is 11.2 Å². The van der Waals surface area contributed by atoms with Crippen molar-refractivity contribution in [3.8, 4) is 5.75 Å². The molecular formula is C21H22FN3O. The second-order valence-corrected chi connectivity index (χ2v) is 7.83. The fraction of sp³-hybridized carbons (Fsp3) is 0.381. The van der Waals surface area contributed by atoms with Crippen LogP contribution in [0.25, 0.3) is 5.65 Å². The van der Waals surface area contributed by atoms with Crippen molar-refractivity contribution >= 4 is 5.65 Å². The quantitative estimate of drug-likeness (QED) is 0.702. The van der Waals surface area contributed by atoms with Gasteiger partial charge in [-0.3, -0.25) is 4.90 Å². The zero-order chi connectivity index (χ0) is 17.7. The van der Waals surface area contributed by atoms with Gasteiger partial charge in [-0.2, -0.15) is 0 Å². The van der Waals surface area contributed by atoms with Crippen molar-refractivity contribution < 1.29 is 9.13 Å². The van der Waals surface area contributed by atoms with Crippen LogP contribution in [-0.4, -0.2) is 34.0 Å². The Labute approximate surface area is 152 Å². The molecule has 4 nitrogen and oxygen atoms in total. The summed E-state index contributed by atoms with van der Waals surface area (Å²) in [5, 5.41) is 0. The van der Waals surface area contributed by atoms with Crippen LogP contribution in [0.2, 0.25) is 0 Å². The van der Waals surface area contributed by atoms with Gasteiger partial charge in [0.15, 0.2) is 0 Å². The van der Waals surface area contributed by atoms with Crippen LogP contribution in [0.15, 0.2) is 48.8 Å². The Morgan fingerprint density at radius 2 is 2.23 bits per heavy atom. The molecule has 1 aliphatic heterocycles. The van der Waals surface area contributed by atoms with Gasteiger partial charge >= 0.3 is 0 Å². The molecule has 2 aromatic heterocycles.